The highest BCUT2D eigenvalue weighted by Crippen LogP contribution is 2.21. The highest BCUT2D eigenvalue weighted by molar-refractivity contribution is 5.95. The second-order valence-corrected chi connectivity index (χ2v) is 8.78. The Kier molecular flexibility index (Phi) is 8.11. The van der Waals surface area contributed by atoms with Crippen molar-refractivity contribution in [3.8, 4) is 0 Å². The first-order chi connectivity index (χ1) is 17.9. The average Bonchev–Trinajstić information content (AvgIpc) is 2.94. The highest BCUT2D eigenvalue weighted by Gasteiger charge is 2.29. The van der Waals surface area contributed by atoms with Crippen LogP contribution in [0, 0.1) is 11.3 Å². The first-order valence-corrected chi connectivity index (χ1v) is 12.0. The fourth-order valence-electron chi connectivity index (χ4n) is 4.26. The topological polar surface area (TPSA) is 105 Å². The number of nitrogens with one attached hydrogen (secondary N) is 2. The molecule has 4 N–H and O–H groups in total. The summed E-state index contributed by atoms with van der Waals surface area (Å²) in [4.78, 5) is 26.1. The second-order valence-electron chi connectivity index (χ2n) is 8.78. The number of hydrogen-bond acceptors (Lipinski definition) is 4. The first kappa shape index (κ1) is 25.4. The smallest absolute Gasteiger partial charge is 0.311 e. The molecule has 0 saturated heterocycles. The minimum absolute atomic E-state index is 0.0541. The molecule has 0 bridgehead atoms. The Hall–Kier alpha value is -4.71. The van der Waals surface area contributed by atoms with Crippen molar-refractivity contribution >= 4 is 34.6 Å². The van der Waals surface area contributed by atoms with Crippen molar-refractivity contribution in [2.45, 2.75) is 12.5 Å². The fourth-order valence-corrected chi connectivity index (χ4v) is 4.26. The molecule has 0 radical (unpaired) electrons. The maximum atomic E-state index is 13.1. The third kappa shape index (κ3) is 6.49. The van der Waals surface area contributed by atoms with Crippen molar-refractivity contribution < 1.29 is 14.3 Å². The summed E-state index contributed by atoms with van der Waals surface area (Å²) in [6.45, 7) is 0. The zero-order valence-electron chi connectivity index (χ0n) is 20.6. The van der Waals surface area contributed by atoms with Crippen molar-refractivity contribution in [3.63, 3.8) is 0 Å². The van der Waals surface area contributed by atoms with Crippen LogP contribution in [0.2, 0.25) is 0 Å². The second kappa shape index (κ2) is 11.8. The van der Waals surface area contributed by atoms with Crippen LogP contribution in [0.1, 0.15) is 27.0 Å². The van der Waals surface area contributed by atoms with Crippen molar-refractivity contribution in [2.24, 2.45) is 11.7 Å². The Balaban J connectivity index is 1.69. The lowest BCUT2D eigenvalue weighted by atomic mass is 9.90. The van der Waals surface area contributed by atoms with E-state index in [1.54, 1.807) is 42.5 Å². The van der Waals surface area contributed by atoms with Gasteiger partial charge in [0.15, 0.2) is 0 Å². The summed E-state index contributed by atoms with van der Waals surface area (Å²) in [6.07, 6.45) is 4.03. The molecular formula is C31H29N3O3. The molecule has 0 aliphatic rings. The van der Waals surface area contributed by atoms with Crippen molar-refractivity contribution in [1.82, 2.24) is 5.32 Å². The molecule has 0 saturated carbocycles. The number of hydrogen-bond donors (Lipinski definition) is 3. The van der Waals surface area contributed by atoms with E-state index in [9.17, 15) is 9.59 Å². The highest BCUT2D eigenvalue weighted by atomic mass is 16.5. The summed E-state index contributed by atoms with van der Waals surface area (Å²) in [5, 5.41) is 13.0. The molecule has 0 spiro atoms. The van der Waals surface area contributed by atoms with Gasteiger partial charge in [-0.1, -0.05) is 84.9 Å². The van der Waals surface area contributed by atoms with E-state index in [-0.39, 0.29) is 18.2 Å². The van der Waals surface area contributed by atoms with Crippen LogP contribution >= 0.6 is 0 Å². The van der Waals surface area contributed by atoms with Crippen LogP contribution in [-0.2, 0) is 16.0 Å². The molecule has 37 heavy (non-hydrogen) atoms. The number of rotatable bonds is 9. The maximum absolute atomic E-state index is 13.1. The van der Waals surface area contributed by atoms with Gasteiger partial charge in [0.25, 0.3) is 5.91 Å². The molecule has 4 aromatic carbocycles. The number of carbonyl (C=O) groups excluding carboxylic acids is 2. The lowest BCUT2D eigenvalue weighted by Gasteiger charge is -2.24. The molecule has 6 heteroatoms. The molecular weight excluding hydrogens is 462 g/mol. The van der Waals surface area contributed by atoms with Crippen LogP contribution in [0.25, 0.3) is 16.8 Å². The Morgan fingerprint density at radius 2 is 1.59 bits per heavy atom. The molecule has 1 amide bonds. The van der Waals surface area contributed by atoms with Crippen LogP contribution in [0.15, 0.2) is 103 Å². The largest absolute Gasteiger partial charge is 0.469 e. The van der Waals surface area contributed by atoms with E-state index >= 15 is 0 Å². The molecule has 0 fully saturated rings. The number of ether oxygens (including phenoxy) is 1. The minimum atomic E-state index is -0.712. The van der Waals surface area contributed by atoms with E-state index in [2.05, 4.69) is 11.4 Å². The monoisotopic (exact) mass is 491 g/mol. The van der Waals surface area contributed by atoms with E-state index in [1.807, 2.05) is 60.7 Å². The average molecular weight is 492 g/mol. The number of nitrogens with two attached hydrogens (primary N) is 1. The third-order valence-corrected chi connectivity index (χ3v) is 6.23. The lowest BCUT2D eigenvalue weighted by Crippen LogP contribution is -2.43. The van der Waals surface area contributed by atoms with Gasteiger partial charge in [-0.2, -0.15) is 0 Å². The van der Waals surface area contributed by atoms with Gasteiger partial charge in [0, 0.05) is 11.1 Å². The number of amides is 1. The first-order valence-electron chi connectivity index (χ1n) is 12.0. The van der Waals surface area contributed by atoms with Gasteiger partial charge in [-0.05, 0) is 52.6 Å². The van der Waals surface area contributed by atoms with Crippen LogP contribution in [0.5, 0.6) is 0 Å². The maximum Gasteiger partial charge on any atom is 0.311 e. The van der Waals surface area contributed by atoms with E-state index in [0.717, 1.165) is 21.9 Å². The number of benzene rings is 4. The predicted octanol–water partition coefficient (Wildman–Crippen LogP) is 4.97. The molecule has 4 aromatic rings. The molecule has 4 rings (SSSR count). The standard InChI is InChI=1S/C31H29N3O3/c1-37-31(36)27(20-22-8-7-13-26(19-22)29(32)33)28(34-30(35)24-10-3-2-4-11-24)17-15-21-14-16-23-9-5-6-12-25(23)18-21/h2-19,27-28H,20H2,1H3,(H3,32,33)(H,34,35)/b17-15+. The normalized spacial score (nSPS) is 12.7. The van der Waals surface area contributed by atoms with Crippen LogP contribution in [-0.4, -0.2) is 30.9 Å². The number of methoxy groups -OCH3 is 1. The minimum Gasteiger partial charge on any atom is -0.469 e. The van der Waals surface area contributed by atoms with Crippen LogP contribution < -0.4 is 11.1 Å². The Labute approximate surface area is 216 Å². The van der Waals surface area contributed by atoms with E-state index < -0.39 is 17.9 Å². The Morgan fingerprint density at radius 1 is 0.892 bits per heavy atom. The van der Waals surface area contributed by atoms with Gasteiger partial charge < -0.3 is 15.8 Å². The molecule has 6 nitrogen and oxygen atoms in total. The van der Waals surface area contributed by atoms with Gasteiger partial charge in [0.2, 0.25) is 0 Å². The molecule has 2 atom stereocenters. The zero-order valence-corrected chi connectivity index (χ0v) is 20.6. The SMILES string of the molecule is COC(=O)C(Cc1cccc(C(=N)N)c1)C(/C=C/c1ccc2ccccc2c1)NC(=O)c1ccccc1. The fraction of sp³-hybridized carbons (Fsp3) is 0.129. The third-order valence-electron chi connectivity index (χ3n) is 6.23. The van der Waals surface area contributed by atoms with E-state index in [4.69, 9.17) is 15.9 Å². The molecule has 0 aliphatic heterocycles. The van der Waals surface area contributed by atoms with Crippen LogP contribution in [0.3, 0.4) is 0 Å². The molecule has 2 unspecified atom stereocenters. The van der Waals surface area contributed by atoms with Gasteiger partial charge in [-0.15, -0.1) is 0 Å². The van der Waals surface area contributed by atoms with Crippen molar-refractivity contribution in [3.05, 3.63) is 125 Å². The summed E-state index contributed by atoms with van der Waals surface area (Å²) in [5.74, 6) is -1.51. The van der Waals surface area contributed by atoms with Gasteiger partial charge in [-0.3, -0.25) is 15.0 Å². The van der Waals surface area contributed by atoms with Gasteiger partial charge in [-0.25, -0.2) is 0 Å². The van der Waals surface area contributed by atoms with Gasteiger partial charge >= 0.3 is 5.97 Å². The predicted molar refractivity (Wildman–Crippen MR) is 147 cm³/mol. The number of nitrogen functional groups attached to an aromatic ring is 1. The summed E-state index contributed by atoms with van der Waals surface area (Å²) >= 11 is 0. The molecule has 0 aromatic heterocycles. The Morgan fingerprint density at radius 3 is 2.32 bits per heavy atom. The van der Waals surface area contributed by atoms with Crippen molar-refractivity contribution in [1.29, 1.82) is 5.41 Å². The van der Waals surface area contributed by atoms with Crippen LogP contribution in [0.4, 0.5) is 0 Å². The lowest BCUT2D eigenvalue weighted by molar-refractivity contribution is -0.145. The summed E-state index contributed by atoms with van der Waals surface area (Å²) in [7, 11) is 1.34. The zero-order chi connectivity index (χ0) is 26.2. The van der Waals surface area contributed by atoms with E-state index in [1.165, 1.54) is 7.11 Å². The van der Waals surface area contributed by atoms with Gasteiger partial charge in [0.1, 0.15) is 5.84 Å². The van der Waals surface area contributed by atoms with Gasteiger partial charge in [0.05, 0.1) is 19.1 Å². The molecule has 0 aliphatic carbocycles. The number of carbonyl (C=O) groups is 2. The Bertz CT molecular complexity index is 1450. The molecule has 186 valence electrons. The summed E-state index contributed by atoms with van der Waals surface area (Å²) < 4.78 is 5.15. The van der Waals surface area contributed by atoms with E-state index in [0.29, 0.717) is 11.1 Å². The summed E-state index contributed by atoms with van der Waals surface area (Å²) in [6, 6.07) is 29.6. The molecule has 0 heterocycles. The number of fused-ring (bicyclic) bond motifs is 1. The number of esters is 1. The quantitative estimate of drug-likeness (QED) is 0.175. The number of amidine groups is 1. The summed E-state index contributed by atoms with van der Waals surface area (Å²) in [5.41, 5.74) is 8.48. The van der Waals surface area contributed by atoms with Crippen molar-refractivity contribution in [2.75, 3.05) is 7.11 Å².